The number of carboxylic acids is 1. The molecule has 0 unspecified atom stereocenters. The third-order valence-electron chi connectivity index (χ3n) is 3.67. The van der Waals surface area contributed by atoms with E-state index in [0.717, 1.165) is 5.56 Å². The molecular weight excluding hydrogens is 322 g/mol. The minimum absolute atomic E-state index is 0.0486. The van der Waals surface area contributed by atoms with Gasteiger partial charge in [0.2, 0.25) is 0 Å². The van der Waals surface area contributed by atoms with E-state index in [9.17, 15) is 4.79 Å². The quantitative estimate of drug-likeness (QED) is 0.716. The summed E-state index contributed by atoms with van der Waals surface area (Å²) in [5.74, 6) is -0.00877. The molecule has 7 nitrogen and oxygen atoms in total. The fourth-order valence-corrected chi connectivity index (χ4v) is 2.37. The number of carbonyl (C=O) groups is 1. The highest BCUT2D eigenvalue weighted by atomic mass is 16.5. The largest absolute Gasteiger partial charge is 0.493 e. The number of nitrogen functional groups attached to an aromatic ring is 1. The van der Waals surface area contributed by atoms with Gasteiger partial charge < -0.3 is 20.3 Å². The van der Waals surface area contributed by atoms with E-state index in [1.54, 1.807) is 18.2 Å². The lowest BCUT2D eigenvalue weighted by Gasteiger charge is -2.13. The summed E-state index contributed by atoms with van der Waals surface area (Å²) < 4.78 is 12.5. The van der Waals surface area contributed by atoms with Crippen molar-refractivity contribution in [2.24, 2.45) is 0 Å². The van der Waals surface area contributed by atoms with Gasteiger partial charge in [-0.15, -0.1) is 0 Å². The number of nitrogens with zero attached hydrogens (tertiary/aromatic N) is 2. The first-order valence-corrected chi connectivity index (χ1v) is 7.52. The Morgan fingerprint density at radius 1 is 1.20 bits per heavy atom. The number of rotatable bonds is 6. The van der Waals surface area contributed by atoms with E-state index in [2.05, 4.69) is 5.10 Å². The second-order valence-corrected chi connectivity index (χ2v) is 5.27. The predicted molar refractivity (Wildman–Crippen MR) is 92.3 cm³/mol. The normalized spacial score (nSPS) is 10.4. The SMILES string of the molecule is COc1cc(-n2ncc(C(=O)O)c2N)ccc1OCc1ccccc1. The molecule has 0 aliphatic carbocycles. The summed E-state index contributed by atoms with van der Waals surface area (Å²) in [5, 5.41) is 13.1. The summed E-state index contributed by atoms with van der Waals surface area (Å²) in [6, 6.07) is 14.9. The topological polar surface area (TPSA) is 99.6 Å². The maximum absolute atomic E-state index is 11.1. The average Bonchev–Trinajstić information content (AvgIpc) is 3.02. The third-order valence-corrected chi connectivity index (χ3v) is 3.67. The van der Waals surface area contributed by atoms with Crippen LogP contribution >= 0.6 is 0 Å². The van der Waals surface area contributed by atoms with E-state index in [-0.39, 0.29) is 11.4 Å². The average molecular weight is 339 g/mol. The van der Waals surface area contributed by atoms with E-state index in [1.807, 2.05) is 30.3 Å². The first-order valence-electron chi connectivity index (χ1n) is 7.52. The fraction of sp³-hybridized carbons (Fsp3) is 0.111. The first kappa shape index (κ1) is 16.4. The van der Waals surface area contributed by atoms with Gasteiger partial charge in [0.05, 0.1) is 19.0 Å². The summed E-state index contributed by atoms with van der Waals surface area (Å²) in [5.41, 5.74) is 7.41. The van der Waals surface area contributed by atoms with Crippen molar-refractivity contribution in [3.05, 3.63) is 65.9 Å². The van der Waals surface area contributed by atoms with Crippen LogP contribution in [0.1, 0.15) is 15.9 Å². The van der Waals surface area contributed by atoms with Gasteiger partial charge in [0.1, 0.15) is 18.0 Å². The zero-order valence-corrected chi connectivity index (χ0v) is 13.5. The van der Waals surface area contributed by atoms with Gasteiger partial charge in [-0.2, -0.15) is 5.10 Å². The van der Waals surface area contributed by atoms with Crippen LogP contribution in [-0.4, -0.2) is 28.0 Å². The lowest BCUT2D eigenvalue weighted by Crippen LogP contribution is -2.06. The molecule has 3 N–H and O–H groups in total. The van der Waals surface area contributed by atoms with Gasteiger partial charge in [-0.3, -0.25) is 0 Å². The Labute approximate surface area is 144 Å². The molecule has 0 fully saturated rings. The van der Waals surface area contributed by atoms with Crippen LogP contribution in [-0.2, 0) is 6.61 Å². The number of methoxy groups -OCH3 is 1. The molecule has 0 aliphatic heterocycles. The number of aromatic nitrogens is 2. The smallest absolute Gasteiger partial charge is 0.341 e. The van der Waals surface area contributed by atoms with Crippen LogP contribution in [0.5, 0.6) is 11.5 Å². The van der Waals surface area contributed by atoms with Crippen LogP contribution < -0.4 is 15.2 Å². The maximum atomic E-state index is 11.1. The molecule has 1 heterocycles. The molecule has 3 aromatic rings. The van der Waals surface area contributed by atoms with Crippen LogP contribution in [0.25, 0.3) is 5.69 Å². The third kappa shape index (κ3) is 3.40. The molecule has 0 amide bonds. The van der Waals surface area contributed by atoms with Gasteiger partial charge in [-0.25, -0.2) is 9.48 Å². The highest BCUT2D eigenvalue weighted by Crippen LogP contribution is 2.31. The van der Waals surface area contributed by atoms with Crippen molar-refractivity contribution in [3.8, 4) is 17.2 Å². The van der Waals surface area contributed by atoms with Crippen molar-refractivity contribution in [1.29, 1.82) is 0 Å². The number of hydrogen-bond acceptors (Lipinski definition) is 5. The predicted octanol–water partition coefficient (Wildman–Crippen LogP) is 2.74. The minimum Gasteiger partial charge on any atom is -0.493 e. The molecule has 0 radical (unpaired) electrons. The van der Waals surface area contributed by atoms with Crippen molar-refractivity contribution in [3.63, 3.8) is 0 Å². The maximum Gasteiger partial charge on any atom is 0.341 e. The van der Waals surface area contributed by atoms with Crippen molar-refractivity contribution in [2.75, 3.05) is 12.8 Å². The zero-order chi connectivity index (χ0) is 17.8. The van der Waals surface area contributed by atoms with Crippen molar-refractivity contribution < 1.29 is 19.4 Å². The highest BCUT2D eigenvalue weighted by Gasteiger charge is 2.16. The molecule has 3 rings (SSSR count). The van der Waals surface area contributed by atoms with Crippen LogP contribution in [0.15, 0.2) is 54.7 Å². The monoisotopic (exact) mass is 339 g/mol. The Morgan fingerprint density at radius 3 is 2.60 bits per heavy atom. The number of aromatic carboxylic acids is 1. The Hall–Kier alpha value is -3.48. The van der Waals surface area contributed by atoms with E-state index in [0.29, 0.717) is 23.8 Å². The van der Waals surface area contributed by atoms with E-state index < -0.39 is 5.97 Å². The van der Waals surface area contributed by atoms with E-state index in [4.69, 9.17) is 20.3 Å². The molecule has 0 atom stereocenters. The van der Waals surface area contributed by atoms with Crippen LogP contribution in [0.2, 0.25) is 0 Å². The van der Waals surface area contributed by atoms with Crippen LogP contribution in [0.4, 0.5) is 5.82 Å². The second kappa shape index (κ2) is 6.96. The number of ether oxygens (including phenoxy) is 2. The standard InChI is InChI=1S/C18H17N3O4/c1-24-16-9-13(21-17(19)14(10-20-21)18(22)23)7-8-15(16)25-11-12-5-3-2-4-6-12/h2-10H,11,19H2,1H3,(H,22,23). The lowest BCUT2D eigenvalue weighted by molar-refractivity contribution is 0.0698. The molecule has 0 saturated heterocycles. The number of nitrogens with two attached hydrogens (primary N) is 1. The van der Waals surface area contributed by atoms with Gasteiger partial charge in [0.25, 0.3) is 0 Å². The summed E-state index contributed by atoms with van der Waals surface area (Å²) in [6.07, 6.45) is 1.21. The molecular formula is C18H17N3O4. The van der Waals surface area contributed by atoms with Crippen molar-refractivity contribution >= 4 is 11.8 Å². The van der Waals surface area contributed by atoms with Gasteiger partial charge >= 0.3 is 5.97 Å². The van der Waals surface area contributed by atoms with Crippen LogP contribution in [0.3, 0.4) is 0 Å². The molecule has 1 aromatic heterocycles. The van der Waals surface area contributed by atoms with Crippen molar-refractivity contribution in [1.82, 2.24) is 9.78 Å². The molecule has 0 aliphatic rings. The molecule has 2 aromatic carbocycles. The summed E-state index contributed by atoms with van der Waals surface area (Å²) in [4.78, 5) is 11.1. The second-order valence-electron chi connectivity index (χ2n) is 5.27. The Bertz CT molecular complexity index is 891. The molecule has 0 spiro atoms. The van der Waals surface area contributed by atoms with E-state index in [1.165, 1.54) is 18.0 Å². The molecule has 0 bridgehead atoms. The van der Waals surface area contributed by atoms with E-state index >= 15 is 0 Å². The highest BCUT2D eigenvalue weighted by molar-refractivity contribution is 5.92. The van der Waals surface area contributed by atoms with Gasteiger partial charge in [-0.1, -0.05) is 30.3 Å². The Balaban J connectivity index is 1.86. The van der Waals surface area contributed by atoms with Gasteiger partial charge in [0.15, 0.2) is 11.5 Å². The number of anilines is 1. The molecule has 0 saturated carbocycles. The fourth-order valence-electron chi connectivity index (χ4n) is 2.37. The summed E-state index contributed by atoms with van der Waals surface area (Å²) >= 11 is 0. The zero-order valence-electron chi connectivity index (χ0n) is 13.5. The number of hydrogen-bond donors (Lipinski definition) is 2. The van der Waals surface area contributed by atoms with Crippen LogP contribution in [0, 0.1) is 0 Å². The molecule has 128 valence electrons. The molecule has 25 heavy (non-hydrogen) atoms. The Kier molecular flexibility index (Phi) is 4.56. The van der Waals surface area contributed by atoms with Crippen molar-refractivity contribution in [2.45, 2.75) is 6.61 Å². The summed E-state index contributed by atoms with van der Waals surface area (Å²) in [7, 11) is 1.53. The van der Waals surface area contributed by atoms with Gasteiger partial charge in [-0.05, 0) is 17.7 Å². The molecule has 7 heteroatoms. The minimum atomic E-state index is -1.13. The number of carboxylic acid groups (broad SMARTS) is 1. The lowest BCUT2D eigenvalue weighted by atomic mass is 10.2. The summed E-state index contributed by atoms with van der Waals surface area (Å²) in [6.45, 7) is 0.406. The first-order chi connectivity index (χ1) is 12.1. The number of benzene rings is 2. The van der Waals surface area contributed by atoms with Gasteiger partial charge in [0, 0.05) is 6.07 Å². The Morgan fingerprint density at radius 2 is 1.96 bits per heavy atom.